The molecule has 0 aromatic carbocycles. The van der Waals surface area contributed by atoms with Crippen molar-refractivity contribution in [3.63, 3.8) is 0 Å². The molecule has 1 saturated heterocycles. The van der Waals surface area contributed by atoms with E-state index < -0.39 is 0 Å². The third-order valence-corrected chi connectivity index (χ3v) is 1.97. The highest BCUT2D eigenvalue weighted by molar-refractivity contribution is 5.24. The van der Waals surface area contributed by atoms with Gasteiger partial charge in [0, 0.05) is 18.7 Å². The Morgan fingerprint density at radius 1 is 1.67 bits per heavy atom. The number of allylic oxidation sites excluding steroid dienone is 1. The van der Waals surface area contributed by atoms with Gasteiger partial charge in [-0.15, -0.1) is 0 Å². The molecule has 68 valence electrons. The Labute approximate surface area is 74.5 Å². The Hall–Kier alpha value is -0.760. The second-order valence-corrected chi connectivity index (χ2v) is 3.08. The average Bonchev–Trinajstić information content (AvgIpc) is 2.05. The highest BCUT2D eigenvalue weighted by atomic mass is 16.5. The molecule has 12 heavy (non-hydrogen) atoms. The number of nitrogens with zero attached hydrogens (tertiary/aromatic N) is 1. The Morgan fingerprint density at radius 2 is 2.42 bits per heavy atom. The molecule has 0 radical (unpaired) electrons. The van der Waals surface area contributed by atoms with Crippen LogP contribution in [-0.2, 0) is 4.74 Å². The normalized spacial score (nSPS) is 22.8. The van der Waals surface area contributed by atoms with E-state index in [2.05, 4.69) is 18.4 Å². The minimum atomic E-state index is 0.715. The predicted octanol–water partition coefficient (Wildman–Crippen LogP) is 2.15. The minimum absolute atomic E-state index is 0.715. The summed E-state index contributed by atoms with van der Waals surface area (Å²) in [5, 5.41) is 0. The monoisotopic (exact) mass is 167 g/mol. The summed E-state index contributed by atoms with van der Waals surface area (Å²) in [5.41, 5.74) is 1.09. The lowest BCUT2D eigenvalue weighted by Gasteiger charge is -2.29. The summed E-state index contributed by atoms with van der Waals surface area (Å²) in [4.78, 5) is 2.26. The molecule has 0 aromatic heterocycles. The van der Waals surface area contributed by atoms with Crippen molar-refractivity contribution in [1.82, 2.24) is 4.90 Å². The van der Waals surface area contributed by atoms with Crippen molar-refractivity contribution in [3.8, 4) is 0 Å². The van der Waals surface area contributed by atoms with Crippen LogP contribution < -0.4 is 0 Å². The molecule has 0 aliphatic carbocycles. The molecular weight excluding hydrogens is 150 g/mol. The molecule has 0 saturated carbocycles. The fourth-order valence-corrected chi connectivity index (χ4v) is 1.40. The van der Waals surface area contributed by atoms with Gasteiger partial charge >= 0.3 is 0 Å². The third-order valence-electron chi connectivity index (χ3n) is 1.97. The van der Waals surface area contributed by atoms with Gasteiger partial charge in [-0.3, -0.25) is 4.90 Å². The number of rotatable bonds is 2. The highest BCUT2D eigenvalue weighted by Crippen LogP contribution is 2.17. The molecule has 0 atom stereocenters. The van der Waals surface area contributed by atoms with E-state index in [9.17, 15) is 0 Å². The maximum absolute atomic E-state index is 5.49. The van der Waals surface area contributed by atoms with Crippen LogP contribution in [0.3, 0.4) is 0 Å². The topological polar surface area (TPSA) is 12.5 Å². The van der Waals surface area contributed by atoms with Crippen molar-refractivity contribution in [3.05, 3.63) is 24.0 Å². The van der Waals surface area contributed by atoms with Crippen molar-refractivity contribution in [1.29, 1.82) is 0 Å². The molecule has 1 aliphatic heterocycles. The maximum atomic E-state index is 5.49. The molecule has 0 amide bonds. The zero-order chi connectivity index (χ0) is 8.97. The number of ether oxygens (including phenoxy) is 1. The van der Waals surface area contributed by atoms with E-state index in [0.717, 1.165) is 24.4 Å². The Bertz CT molecular complexity index is 196. The molecular formula is C10H17NO. The van der Waals surface area contributed by atoms with Crippen LogP contribution in [0, 0.1) is 0 Å². The predicted molar refractivity (Wildman–Crippen MR) is 50.7 cm³/mol. The van der Waals surface area contributed by atoms with Gasteiger partial charge in [0.15, 0.2) is 0 Å². The molecule has 1 fully saturated rings. The van der Waals surface area contributed by atoms with Gasteiger partial charge in [0.1, 0.15) is 12.5 Å². The lowest BCUT2D eigenvalue weighted by molar-refractivity contribution is 0.0572. The Balaban J connectivity index is 2.46. The molecule has 2 nitrogen and oxygen atoms in total. The largest absolute Gasteiger partial charge is 0.478 e. The summed E-state index contributed by atoms with van der Waals surface area (Å²) < 4.78 is 5.49. The number of hydrogen-bond acceptors (Lipinski definition) is 2. The second-order valence-electron chi connectivity index (χ2n) is 3.08. The fourth-order valence-electron chi connectivity index (χ4n) is 1.40. The summed E-state index contributed by atoms with van der Waals surface area (Å²) in [6.07, 6.45) is 3.15. The van der Waals surface area contributed by atoms with Gasteiger partial charge in [0.25, 0.3) is 0 Å². The SMILES string of the molecule is C=C1CN(CCC)CO/C1=C/C. The molecule has 0 unspecified atom stereocenters. The lowest BCUT2D eigenvalue weighted by atomic mass is 10.2. The molecule has 1 aliphatic rings. The summed E-state index contributed by atoms with van der Waals surface area (Å²) in [5.74, 6) is 0.961. The lowest BCUT2D eigenvalue weighted by Crippen LogP contribution is -2.34. The summed E-state index contributed by atoms with van der Waals surface area (Å²) in [6, 6.07) is 0. The van der Waals surface area contributed by atoms with Gasteiger partial charge in [-0.2, -0.15) is 0 Å². The van der Waals surface area contributed by atoms with Crippen molar-refractivity contribution in [2.24, 2.45) is 0 Å². The molecule has 1 heterocycles. The van der Waals surface area contributed by atoms with Crippen LogP contribution in [0.1, 0.15) is 20.3 Å². The van der Waals surface area contributed by atoms with Crippen molar-refractivity contribution in [2.45, 2.75) is 20.3 Å². The fraction of sp³-hybridized carbons (Fsp3) is 0.600. The smallest absolute Gasteiger partial charge is 0.142 e. The Kier molecular flexibility index (Phi) is 3.35. The minimum Gasteiger partial charge on any atom is -0.478 e. The van der Waals surface area contributed by atoms with Gasteiger partial charge in [0.2, 0.25) is 0 Å². The molecule has 0 aromatic rings. The van der Waals surface area contributed by atoms with Crippen molar-refractivity contribution >= 4 is 0 Å². The van der Waals surface area contributed by atoms with Crippen LogP contribution in [0.25, 0.3) is 0 Å². The van der Waals surface area contributed by atoms with E-state index >= 15 is 0 Å². The van der Waals surface area contributed by atoms with E-state index in [-0.39, 0.29) is 0 Å². The van der Waals surface area contributed by atoms with Gasteiger partial charge in [-0.05, 0) is 19.4 Å². The first-order valence-corrected chi connectivity index (χ1v) is 4.47. The van der Waals surface area contributed by atoms with Crippen LogP contribution in [0.15, 0.2) is 24.0 Å². The first-order valence-electron chi connectivity index (χ1n) is 4.47. The van der Waals surface area contributed by atoms with Crippen molar-refractivity contribution < 1.29 is 4.74 Å². The standard InChI is InChI=1S/C10H17NO/c1-4-6-11-7-9(3)10(5-2)12-8-11/h5H,3-4,6-8H2,1-2H3/b10-5+. The molecule has 2 heteroatoms. The maximum Gasteiger partial charge on any atom is 0.142 e. The molecule has 0 bridgehead atoms. The van der Waals surface area contributed by atoms with Crippen LogP contribution in [0.4, 0.5) is 0 Å². The number of hydrogen-bond donors (Lipinski definition) is 0. The zero-order valence-corrected chi connectivity index (χ0v) is 7.97. The van der Waals surface area contributed by atoms with Gasteiger partial charge in [0.05, 0.1) is 0 Å². The van der Waals surface area contributed by atoms with E-state index in [1.54, 1.807) is 0 Å². The summed E-state index contributed by atoms with van der Waals surface area (Å²) in [7, 11) is 0. The van der Waals surface area contributed by atoms with Gasteiger partial charge < -0.3 is 4.74 Å². The molecule has 0 spiro atoms. The second kappa shape index (κ2) is 4.31. The Morgan fingerprint density at radius 3 is 2.92 bits per heavy atom. The van der Waals surface area contributed by atoms with Crippen LogP contribution in [-0.4, -0.2) is 24.7 Å². The van der Waals surface area contributed by atoms with E-state index in [0.29, 0.717) is 6.73 Å². The van der Waals surface area contributed by atoms with E-state index in [1.165, 1.54) is 6.42 Å². The van der Waals surface area contributed by atoms with Crippen molar-refractivity contribution in [2.75, 3.05) is 19.8 Å². The van der Waals surface area contributed by atoms with Crippen LogP contribution in [0.5, 0.6) is 0 Å². The van der Waals surface area contributed by atoms with E-state index in [1.807, 2.05) is 13.0 Å². The van der Waals surface area contributed by atoms with E-state index in [4.69, 9.17) is 4.74 Å². The quantitative estimate of drug-likeness (QED) is 0.624. The van der Waals surface area contributed by atoms with Crippen LogP contribution in [0.2, 0.25) is 0 Å². The summed E-state index contributed by atoms with van der Waals surface area (Å²) >= 11 is 0. The summed E-state index contributed by atoms with van der Waals surface area (Å²) in [6.45, 7) is 10.9. The molecule has 1 rings (SSSR count). The first-order chi connectivity index (χ1) is 5.77. The van der Waals surface area contributed by atoms with Crippen LogP contribution >= 0.6 is 0 Å². The van der Waals surface area contributed by atoms with Gasteiger partial charge in [-0.25, -0.2) is 0 Å². The first kappa shape index (κ1) is 9.33. The third kappa shape index (κ3) is 2.11. The van der Waals surface area contributed by atoms with Gasteiger partial charge in [-0.1, -0.05) is 13.5 Å². The highest BCUT2D eigenvalue weighted by Gasteiger charge is 2.15. The zero-order valence-electron chi connectivity index (χ0n) is 7.97. The molecule has 0 N–H and O–H groups in total. The average molecular weight is 167 g/mol.